The van der Waals surface area contributed by atoms with Gasteiger partial charge in [0.2, 0.25) is 0 Å². The first-order valence-corrected chi connectivity index (χ1v) is 8.76. The molecule has 4 rings (SSSR count). The zero-order valence-corrected chi connectivity index (χ0v) is 14.6. The minimum absolute atomic E-state index is 0.0929. The van der Waals surface area contributed by atoms with Gasteiger partial charge in [0.25, 0.3) is 5.56 Å². The van der Waals surface area contributed by atoms with Gasteiger partial charge in [0.1, 0.15) is 0 Å². The van der Waals surface area contributed by atoms with Crippen LogP contribution in [0.3, 0.4) is 0 Å². The molecule has 0 radical (unpaired) electrons. The van der Waals surface area contributed by atoms with Crippen LogP contribution in [0.5, 0.6) is 0 Å². The van der Waals surface area contributed by atoms with Crippen LogP contribution in [0.4, 0.5) is 5.82 Å². The summed E-state index contributed by atoms with van der Waals surface area (Å²) in [6, 6.07) is 11.3. The molecular formula is C19H20N6O. The second-order valence-corrected chi connectivity index (χ2v) is 6.50. The van der Waals surface area contributed by atoms with Crippen molar-refractivity contribution in [2.75, 3.05) is 11.4 Å². The van der Waals surface area contributed by atoms with E-state index in [1.807, 2.05) is 31.2 Å². The Bertz CT molecular complexity index is 938. The number of nitrogens with zero attached hydrogens (tertiary/aromatic N) is 6. The molecule has 1 saturated heterocycles. The van der Waals surface area contributed by atoms with E-state index in [0.717, 1.165) is 42.2 Å². The third-order valence-corrected chi connectivity index (χ3v) is 4.68. The molecule has 3 aromatic heterocycles. The van der Waals surface area contributed by atoms with Crippen LogP contribution in [0.25, 0.3) is 11.3 Å². The first kappa shape index (κ1) is 16.4. The number of anilines is 1. The Labute approximate surface area is 151 Å². The van der Waals surface area contributed by atoms with Crippen LogP contribution in [0.15, 0.2) is 53.6 Å². The number of aromatic nitrogens is 5. The number of hydrogen-bond acceptors (Lipinski definition) is 6. The van der Waals surface area contributed by atoms with Crippen LogP contribution >= 0.6 is 0 Å². The van der Waals surface area contributed by atoms with E-state index in [2.05, 4.69) is 25.2 Å². The van der Waals surface area contributed by atoms with Gasteiger partial charge in [0.05, 0.1) is 24.0 Å². The molecule has 1 atom stereocenters. The van der Waals surface area contributed by atoms with Crippen LogP contribution in [0.1, 0.15) is 18.5 Å². The second kappa shape index (κ2) is 7.03. The minimum Gasteiger partial charge on any atom is -0.350 e. The number of hydrogen-bond donors (Lipinski definition) is 0. The Balaban J connectivity index is 1.60. The van der Waals surface area contributed by atoms with Gasteiger partial charge in [-0.25, -0.2) is 4.68 Å². The van der Waals surface area contributed by atoms with Crippen molar-refractivity contribution in [3.05, 3.63) is 64.8 Å². The van der Waals surface area contributed by atoms with E-state index in [1.165, 1.54) is 0 Å². The molecule has 0 saturated carbocycles. The quantitative estimate of drug-likeness (QED) is 0.718. The maximum atomic E-state index is 12.3. The lowest BCUT2D eigenvalue weighted by Crippen LogP contribution is -2.37. The predicted molar refractivity (Wildman–Crippen MR) is 98.9 cm³/mol. The van der Waals surface area contributed by atoms with Gasteiger partial charge in [-0.1, -0.05) is 0 Å². The Kier molecular flexibility index (Phi) is 4.43. The van der Waals surface area contributed by atoms with Gasteiger partial charge < -0.3 is 4.90 Å². The average molecular weight is 348 g/mol. The monoisotopic (exact) mass is 348 g/mol. The summed E-state index contributed by atoms with van der Waals surface area (Å²) in [7, 11) is 0. The fraction of sp³-hybridized carbons (Fsp3) is 0.316. The Hall–Kier alpha value is -3.09. The average Bonchev–Trinajstić information content (AvgIpc) is 3.13. The maximum Gasteiger partial charge on any atom is 0.266 e. The third kappa shape index (κ3) is 3.33. The molecule has 1 aliphatic heterocycles. The van der Waals surface area contributed by atoms with E-state index in [0.29, 0.717) is 6.54 Å². The van der Waals surface area contributed by atoms with Crippen molar-refractivity contribution in [2.45, 2.75) is 32.4 Å². The van der Waals surface area contributed by atoms with Gasteiger partial charge in [0, 0.05) is 30.6 Å². The lowest BCUT2D eigenvalue weighted by molar-refractivity contribution is 0.488. The van der Waals surface area contributed by atoms with E-state index in [4.69, 9.17) is 0 Å². The summed E-state index contributed by atoms with van der Waals surface area (Å²) in [4.78, 5) is 18.6. The molecule has 0 N–H and O–H groups in total. The molecule has 7 heteroatoms. The van der Waals surface area contributed by atoms with Gasteiger partial charge in [-0.2, -0.15) is 10.2 Å². The zero-order chi connectivity index (χ0) is 17.9. The van der Waals surface area contributed by atoms with Crippen molar-refractivity contribution in [3.63, 3.8) is 0 Å². The van der Waals surface area contributed by atoms with Gasteiger partial charge in [0.15, 0.2) is 5.82 Å². The molecule has 1 unspecified atom stereocenters. The van der Waals surface area contributed by atoms with Crippen LogP contribution in [0.2, 0.25) is 0 Å². The first-order valence-electron chi connectivity index (χ1n) is 8.76. The lowest BCUT2D eigenvalue weighted by Gasteiger charge is -2.25. The summed E-state index contributed by atoms with van der Waals surface area (Å²) in [5, 5.41) is 13.0. The fourth-order valence-corrected chi connectivity index (χ4v) is 3.33. The molecule has 4 heterocycles. The van der Waals surface area contributed by atoms with Crippen molar-refractivity contribution in [3.8, 4) is 11.3 Å². The topological polar surface area (TPSA) is 76.8 Å². The van der Waals surface area contributed by atoms with Crippen molar-refractivity contribution < 1.29 is 0 Å². The molecule has 0 bridgehead atoms. The van der Waals surface area contributed by atoms with Crippen molar-refractivity contribution in [1.82, 2.24) is 25.0 Å². The summed E-state index contributed by atoms with van der Waals surface area (Å²) < 4.78 is 1.56. The van der Waals surface area contributed by atoms with Crippen LogP contribution < -0.4 is 10.5 Å². The van der Waals surface area contributed by atoms with Gasteiger partial charge in [-0.3, -0.25) is 9.78 Å². The van der Waals surface area contributed by atoms with Gasteiger partial charge in [-0.05, 0) is 50.1 Å². The first-order chi connectivity index (χ1) is 12.7. The SMILES string of the molecule is Cc1ccc(N2CCCC2Cn2nc(-c3ccncc3)ccc2=O)nn1. The molecule has 3 aromatic rings. The van der Waals surface area contributed by atoms with Crippen LogP contribution in [-0.2, 0) is 6.54 Å². The smallest absolute Gasteiger partial charge is 0.266 e. The summed E-state index contributed by atoms with van der Waals surface area (Å²) in [6.45, 7) is 3.38. The maximum absolute atomic E-state index is 12.3. The van der Waals surface area contributed by atoms with Crippen molar-refractivity contribution >= 4 is 5.82 Å². The second-order valence-electron chi connectivity index (χ2n) is 6.50. The molecule has 132 valence electrons. The fourth-order valence-electron chi connectivity index (χ4n) is 3.33. The molecule has 0 amide bonds. The Morgan fingerprint density at radius 3 is 2.69 bits per heavy atom. The molecule has 1 aliphatic rings. The van der Waals surface area contributed by atoms with E-state index in [9.17, 15) is 4.79 Å². The van der Waals surface area contributed by atoms with Crippen molar-refractivity contribution in [2.24, 2.45) is 0 Å². The predicted octanol–water partition coefficient (Wildman–Crippen LogP) is 2.07. The lowest BCUT2D eigenvalue weighted by atomic mass is 10.2. The summed E-state index contributed by atoms with van der Waals surface area (Å²) in [5.41, 5.74) is 2.52. The standard InChI is InChI=1S/C19H20N6O/c1-14-4-6-18(22-21-14)24-12-2-3-16(24)13-25-19(26)7-5-17(23-25)15-8-10-20-11-9-15/h4-11,16H,2-3,12-13H2,1H3. The Morgan fingerprint density at radius 2 is 1.92 bits per heavy atom. The normalized spacial score (nSPS) is 16.8. The van der Waals surface area contributed by atoms with Crippen molar-refractivity contribution in [1.29, 1.82) is 0 Å². The molecule has 0 aromatic carbocycles. The number of pyridine rings is 1. The Morgan fingerprint density at radius 1 is 1.08 bits per heavy atom. The van der Waals surface area contributed by atoms with E-state index in [1.54, 1.807) is 29.2 Å². The molecule has 0 aliphatic carbocycles. The third-order valence-electron chi connectivity index (χ3n) is 4.68. The van der Waals surface area contributed by atoms with E-state index >= 15 is 0 Å². The molecular weight excluding hydrogens is 328 g/mol. The minimum atomic E-state index is -0.0929. The highest BCUT2D eigenvalue weighted by atomic mass is 16.1. The zero-order valence-electron chi connectivity index (χ0n) is 14.6. The highest BCUT2D eigenvalue weighted by Crippen LogP contribution is 2.24. The van der Waals surface area contributed by atoms with E-state index in [-0.39, 0.29) is 11.6 Å². The van der Waals surface area contributed by atoms with Gasteiger partial charge in [-0.15, -0.1) is 5.10 Å². The summed E-state index contributed by atoms with van der Waals surface area (Å²) >= 11 is 0. The molecule has 1 fully saturated rings. The number of aryl methyl sites for hydroxylation is 1. The molecule has 7 nitrogen and oxygen atoms in total. The van der Waals surface area contributed by atoms with Crippen LogP contribution in [-0.4, -0.2) is 37.5 Å². The summed E-state index contributed by atoms with van der Waals surface area (Å²) in [5.74, 6) is 0.858. The van der Waals surface area contributed by atoms with E-state index < -0.39 is 0 Å². The van der Waals surface area contributed by atoms with Gasteiger partial charge >= 0.3 is 0 Å². The number of rotatable bonds is 4. The van der Waals surface area contributed by atoms with Crippen LogP contribution in [0, 0.1) is 6.92 Å². The molecule has 26 heavy (non-hydrogen) atoms. The highest BCUT2D eigenvalue weighted by Gasteiger charge is 2.27. The largest absolute Gasteiger partial charge is 0.350 e. The summed E-state index contributed by atoms with van der Waals surface area (Å²) in [6.07, 6.45) is 5.52. The highest BCUT2D eigenvalue weighted by molar-refractivity contribution is 5.57. The molecule has 0 spiro atoms.